The SMILES string of the molecule is [Al][S]Cc1cnc[nH]1. The van der Waals surface area contributed by atoms with Crippen LogP contribution in [-0.2, 0) is 5.75 Å². The molecule has 40 valence electrons. The van der Waals surface area contributed by atoms with Gasteiger partial charge in [-0.15, -0.1) is 0 Å². The quantitative estimate of drug-likeness (QED) is 0.613. The van der Waals surface area contributed by atoms with Crippen molar-refractivity contribution in [2.45, 2.75) is 5.75 Å². The van der Waals surface area contributed by atoms with E-state index in [4.69, 9.17) is 0 Å². The summed E-state index contributed by atoms with van der Waals surface area (Å²) in [5, 5.41) is 0. The van der Waals surface area contributed by atoms with E-state index in [0.29, 0.717) is 0 Å². The van der Waals surface area contributed by atoms with Crippen molar-refractivity contribution >= 4 is 25.3 Å². The van der Waals surface area contributed by atoms with E-state index in [2.05, 4.69) is 25.1 Å². The van der Waals surface area contributed by atoms with Crippen molar-refractivity contribution in [3.05, 3.63) is 18.2 Å². The topological polar surface area (TPSA) is 28.7 Å². The predicted molar refractivity (Wildman–Crippen MR) is 35.6 cm³/mol. The highest BCUT2D eigenvalue weighted by Gasteiger charge is 1.86. The molecule has 0 aliphatic rings. The molecule has 0 amide bonds. The van der Waals surface area contributed by atoms with Crippen molar-refractivity contribution in [1.29, 1.82) is 0 Å². The summed E-state index contributed by atoms with van der Waals surface area (Å²) in [5.74, 6) is 0.991. The van der Waals surface area contributed by atoms with Gasteiger partial charge in [-0.2, -0.15) is 0 Å². The lowest BCUT2D eigenvalue weighted by Gasteiger charge is -1.88. The average molecular weight is 140 g/mol. The van der Waals surface area contributed by atoms with Gasteiger partial charge in [-0.3, -0.25) is 10.1 Å². The van der Waals surface area contributed by atoms with Crippen molar-refractivity contribution in [1.82, 2.24) is 9.97 Å². The molecule has 0 spiro atoms. The van der Waals surface area contributed by atoms with E-state index in [1.165, 1.54) is 5.69 Å². The van der Waals surface area contributed by atoms with Crippen molar-refractivity contribution in [3.63, 3.8) is 0 Å². The summed E-state index contributed by atoms with van der Waals surface area (Å²) in [7, 11) is 1.70. The van der Waals surface area contributed by atoms with Crippen LogP contribution in [0, 0.1) is 0 Å². The molecule has 1 heterocycles. The average Bonchev–Trinajstić information content (AvgIpc) is 2.19. The first-order valence-corrected chi connectivity index (χ1v) is 4.68. The van der Waals surface area contributed by atoms with Gasteiger partial charge in [0.05, 0.1) is 6.33 Å². The molecule has 2 nitrogen and oxygen atoms in total. The highest BCUT2D eigenvalue weighted by atomic mass is 32.3. The normalized spacial score (nSPS) is 9.50. The van der Waals surface area contributed by atoms with Gasteiger partial charge in [0.2, 0.25) is 15.2 Å². The number of imidazole rings is 1. The van der Waals surface area contributed by atoms with Gasteiger partial charge in [0.15, 0.2) is 0 Å². The van der Waals surface area contributed by atoms with Gasteiger partial charge in [-0.1, -0.05) is 0 Å². The zero-order valence-corrected chi connectivity index (χ0v) is 6.27. The van der Waals surface area contributed by atoms with Crippen LogP contribution in [0.15, 0.2) is 12.5 Å². The lowest BCUT2D eigenvalue weighted by Crippen LogP contribution is -1.75. The van der Waals surface area contributed by atoms with Crippen LogP contribution in [0.25, 0.3) is 0 Å². The molecule has 1 aromatic heterocycles. The first-order chi connectivity index (χ1) is 3.93. The van der Waals surface area contributed by atoms with Crippen LogP contribution in [0.4, 0.5) is 0 Å². The van der Waals surface area contributed by atoms with Crippen molar-refractivity contribution in [3.8, 4) is 0 Å². The summed E-state index contributed by atoms with van der Waals surface area (Å²) >= 11 is 2.59. The Kier molecular flexibility index (Phi) is 2.47. The van der Waals surface area contributed by atoms with E-state index in [-0.39, 0.29) is 0 Å². The second-order valence-electron chi connectivity index (χ2n) is 1.39. The summed E-state index contributed by atoms with van der Waals surface area (Å²) in [5.41, 5.74) is 1.17. The first-order valence-electron chi connectivity index (χ1n) is 2.22. The number of nitrogens with zero attached hydrogens (tertiary/aromatic N) is 1. The maximum absolute atomic E-state index is 3.86. The largest absolute Gasteiger partial charge is 0.348 e. The molecule has 0 aromatic carbocycles. The zero-order chi connectivity index (χ0) is 5.82. The molecule has 1 rings (SSSR count). The minimum Gasteiger partial charge on any atom is -0.348 e. The van der Waals surface area contributed by atoms with Gasteiger partial charge in [0.1, 0.15) is 0 Å². The summed E-state index contributed by atoms with van der Waals surface area (Å²) in [4.78, 5) is 6.86. The molecule has 0 saturated heterocycles. The smallest absolute Gasteiger partial charge is 0.233 e. The third kappa shape index (κ3) is 1.55. The fourth-order valence-corrected chi connectivity index (χ4v) is 1.33. The molecule has 0 saturated carbocycles. The van der Waals surface area contributed by atoms with E-state index in [0.717, 1.165) is 5.75 Å². The first kappa shape index (κ1) is 6.22. The number of hydrogen-bond donors (Lipinski definition) is 1. The van der Waals surface area contributed by atoms with Crippen molar-refractivity contribution < 1.29 is 0 Å². The maximum Gasteiger partial charge on any atom is 0.233 e. The van der Waals surface area contributed by atoms with Crippen LogP contribution in [-0.4, -0.2) is 25.1 Å². The Morgan fingerprint density at radius 3 is 3.25 bits per heavy atom. The molecule has 0 atom stereocenters. The van der Waals surface area contributed by atoms with Gasteiger partial charge >= 0.3 is 0 Å². The summed E-state index contributed by atoms with van der Waals surface area (Å²) in [6, 6.07) is 0. The highest BCUT2D eigenvalue weighted by molar-refractivity contribution is 8.19. The molecular formula is C4H5AlN2S. The van der Waals surface area contributed by atoms with Crippen LogP contribution < -0.4 is 0 Å². The maximum atomic E-state index is 3.86. The Morgan fingerprint density at radius 1 is 1.88 bits per heavy atom. The van der Waals surface area contributed by atoms with E-state index in [9.17, 15) is 0 Å². The molecule has 1 aromatic rings. The Labute approximate surface area is 59.6 Å². The molecule has 0 bridgehead atoms. The second-order valence-corrected chi connectivity index (χ2v) is 3.01. The molecule has 8 heavy (non-hydrogen) atoms. The van der Waals surface area contributed by atoms with E-state index >= 15 is 0 Å². The third-order valence-corrected chi connectivity index (χ3v) is 1.77. The Morgan fingerprint density at radius 2 is 2.75 bits per heavy atom. The molecule has 0 aliphatic heterocycles. The fourth-order valence-electron chi connectivity index (χ4n) is 0.453. The van der Waals surface area contributed by atoms with Crippen molar-refractivity contribution in [2.24, 2.45) is 0 Å². The summed E-state index contributed by atoms with van der Waals surface area (Å²) in [6.07, 6.45) is 3.52. The van der Waals surface area contributed by atoms with Gasteiger partial charge in [-0.25, -0.2) is 4.98 Å². The molecular weight excluding hydrogens is 135 g/mol. The molecule has 0 unspecified atom stereocenters. The van der Waals surface area contributed by atoms with Crippen LogP contribution in [0.2, 0.25) is 0 Å². The number of aromatic nitrogens is 2. The second kappa shape index (κ2) is 3.18. The summed E-state index contributed by atoms with van der Waals surface area (Å²) < 4.78 is 0. The lowest BCUT2D eigenvalue weighted by molar-refractivity contribution is 1.23. The Hall–Kier alpha value is 0.0925. The van der Waals surface area contributed by atoms with E-state index in [1.54, 1.807) is 16.5 Å². The minimum absolute atomic E-state index is 0.991. The molecule has 2 radical (unpaired) electrons. The lowest BCUT2D eigenvalue weighted by atomic mass is 10.6. The van der Waals surface area contributed by atoms with Crippen LogP contribution >= 0.6 is 10.1 Å². The van der Waals surface area contributed by atoms with E-state index in [1.807, 2.05) is 6.20 Å². The van der Waals surface area contributed by atoms with Gasteiger partial charge in [0, 0.05) is 17.6 Å². The van der Waals surface area contributed by atoms with Crippen LogP contribution in [0.1, 0.15) is 5.69 Å². The Balaban J connectivity index is 2.50. The monoisotopic (exact) mass is 140 g/mol. The fraction of sp³-hybridized carbons (Fsp3) is 0.250. The van der Waals surface area contributed by atoms with Crippen LogP contribution in [0.3, 0.4) is 0 Å². The van der Waals surface area contributed by atoms with Gasteiger partial charge < -0.3 is 4.98 Å². The number of hydrogen-bond acceptors (Lipinski definition) is 2. The molecule has 0 aliphatic carbocycles. The van der Waals surface area contributed by atoms with Gasteiger partial charge in [-0.05, 0) is 0 Å². The third-order valence-electron chi connectivity index (χ3n) is 0.794. The van der Waals surface area contributed by atoms with Gasteiger partial charge in [0.25, 0.3) is 0 Å². The van der Waals surface area contributed by atoms with E-state index < -0.39 is 0 Å². The van der Waals surface area contributed by atoms with Crippen molar-refractivity contribution in [2.75, 3.05) is 0 Å². The number of nitrogens with one attached hydrogen (secondary N) is 1. The zero-order valence-electron chi connectivity index (χ0n) is 4.29. The van der Waals surface area contributed by atoms with Crippen LogP contribution in [0.5, 0.6) is 0 Å². The Bertz CT molecular complexity index is 140. The molecule has 0 fully saturated rings. The molecule has 4 heteroatoms. The predicted octanol–water partition coefficient (Wildman–Crippen LogP) is 0.726. The minimum atomic E-state index is 0.991. The number of H-pyrrole nitrogens is 1. The number of rotatable bonds is 2. The summed E-state index contributed by atoms with van der Waals surface area (Å²) in [6.45, 7) is 0. The number of aromatic amines is 1. The standard InChI is InChI=1S/C4H6N2S.Al/c7-2-4-1-5-3-6-4;/h1,3,7H,2H2,(H,5,6);/q;+1/p-1. The highest BCUT2D eigenvalue weighted by Crippen LogP contribution is 2.01. The molecule has 1 N–H and O–H groups in total.